The van der Waals surface area contributed by atoms with E-state index in [0.29, 0.717) is 24.3 Å². The number of sulfonamides is 1. The van der Waals surface area contributed by atoms with Gasteiger partial charge in [0, 0.05) is 24.7 Å². The highest BCUT2D eigenvalue weighted by Gasteiger charge is 2.34. The van der Waals surface area contributed by atoms with Crippen molar-refractivity contribution in [3.05, 3.63) is 48.5 Å². The zero-order valence-electron chi connectivity index (χ0n) is 19.4. The molecule has 2 aliphatic rings. The Morgan fingerprint density at radius 3 is 2.50 bits per heavy atom. The Kier molecular flexibility index (Phi) is 6.70. The summed E-state index contributed by atoms with van der Waals surface area (Å²) in [5, 5.41) is 3.21. The summed E-state index contributed by atoms with van der Waals surface area (Å²) in [5.41, 5.74) is 2.35. The van der Waals surface area contributed by atoms with E-state index < -0.39 is 10.0 Å². The Labute approximate surface area is 201 Å². The fourth-order valence-corrected chi connectivity index (χ4v) is 6.70. The Bertz CT molecular complexity index is 1250. The van der Waals surface area contributed by atoms with Crippen LogP contribution in [0.3, 0.4) is 0 Å². The number of rotatable bonds is 5. The van der Waals surface area contributed by atoms with Gasteiger partial charge >= 0.3 is 0 Å². The summed E-state index contributed by atoms with van der Waals surface area (Å²) in [6.45, 7) is 0.670. The number of hydrogen-bond acceptors (Lipinski definition) is 4. The van der Waals surface area contributed by atoms with Crippen LogP contribution in [0.25, 0.3) is 22.4 Å². The number of carbonyl (C=O) groups is 1. The van der Waals surface area contributed by atoms with Gasteiger partial charge in [0.2, 0.25) is 15.9 Å². The molecule has 2 N–H and O–H groups in total. The van der Waals surface area contributed by atoms with Gasteiger partial charge in [-0.3, -0.25) is 4.79 Å². The van der Waals surface area contributed by atoms with E-state index in [2.05, 4.69) is 15.3 Å². The highest BCUT2D eigenvalue weighted by molar-refractivity contribution is 7.89. The average Bonchev–Trinajstić information content (AvgIpc) is 3.13. The minimum Gasteiger partial charge on any atom is -0.353 e. The number of fused-ring (bicyclic) bond motifs is 1. The second-order valence-electron chi connectivity index (χ2n) is 9.53. The first-order chi connectivity index (χ1) is 16.5. The summed E-state index contributed by atoms with van der Waals surface area (Å²) >= 11 is 0. The van der Waals surface area contributed by atoms with Crippen molar-refractivity contribution in [2.75, 3.05) is 13.1 Å². The molecule has 2 aromatic carbocycles. The highest BCUT2D eigenvalue weighted by Crippen LogP contribution is 2.28. The molecule has 7 nitrogen and oxygen atoms in total. The molecule has 0 radical (unpaired) electrons. The van der Waals surface area contributed by atoms with Gasteiger partial charge in [-0.15, -0.1) is 0 Å². The molecule has 1 aliphatic carbocycles. The summed E-state index contributed by atoms with van der Waals surface area (Å²) < 4.78 is 28.4. The van der Waals surface area contributed by atoms with Crippen molar-refractivity contribution < 1.29 is 13.2 Å². The van der Waals surface area contributed by atoms with E-state index in [0.717, 1.165) is 43.2 Å². The normalized spacial score (nSPS) is 20.8. The molecule has 1 amide bonds. The van der Waals surface area contributed by atoms with Crippen LogP contribution < -0.4 is 5.32 Å². The van der Waals surface area contributed by atoms with E-state index in [1.54, 1.807) is 18.2 Å². The van der Waals surface area contributed by atoms with Crippen molar-refractivity contribution in [2.45, 2.75) is 62.3 Å². The van der Waals surface area contributed by atoms with Gasteiger partial charge in [0.25, 0.3) is 0 Å². The van der Waals surface area contributed by atoms with Crippen LogP contribution in [0.1, 0.15) is 51.4 Å². The standard InChI is InChI=1S/C26H32N4O3S/c31-26(27-21-12-6-1-2-7-13-21)20-11-8-16-30(18-20)34(32,33)22-14-15-23-24(17-22)29-25(28-23)19-9-4-3-5-10-19/h3-5,9-10,14-15,17,20-21H,1-2,6-8,11-13,16,18H2,(H,27,31)(H,28,29)/t20-/m0/s1. The number of piperidine rings is 1. The molecule has 1 saturated heterocycles. The number of carbonyl (C=O) groups excluding carboxylic acids is 1. The first-order valence-corrected chi connectivity index (χ1v) is 13.8. The quantitative estimate of drug-likeness (QED) is 0.527. The molecule has 5 rings (SSSR count). The number of nitrogens with one attached hydrogen (secondary N) is 2. The second-order valence-corrected chi connectivity index (χ2v) is 11.5. The SMILES string of the molecule is O=C(NC1CCCCCC1)[C@H]1CCCN(S(=O)(=O)c2ccc3nc(-c4ccccc4)[nH]c3c2)C1. The van der Waals surface area contributed by atoms with Crippen LogP contribution in [0.5, 0.6) is 0 Å². The molecule has 1 saturated carbocycles. The van der Waals surface area contributed by atoms with Crippen LogP contribution in [0.15, 0.2) is 53.4 Å². The first-order valence-electron chi connectivity index (χ1n) is 12.4. The third-order valence-electron chi connectivity index (χ3n) is 7.09. The molecule has 8 heteroatoms. The molecule has 2 fully saturated rings. The molecule has 1 atom stereocenters. The van der Waals surface area contributed by atoms with E-state index in [1.807, 2.05) is 30.3 Å². The van der Waals surface area contributed by atoms with Gasteiger partial charge in [-0.05, 0) is 43.9 Å². The number of nitrogens with zero attached hydrogens (tertiary/aromatic N) is 2. The van der Waals surface area contributed by atoms with Crippen LogP contribution in [0.2, 0.25) is 0 Å². The Hall–Kier alpha value is -2.71. The van der Waals surface area contributed by atoms with Crippen LogP contribution in [-0.4, -0.2) is 47.7 Å². The molecule has 1 aromatic heterocycles. The highest BCUT2D eigenvalue weighted by atomic mass is 32.2. The number of aromatic amines is 1. The summed E-state index contributed by atoms with van der Waals surface area (Å²) in [4.78, 5) is 21.0. The maximum absolute atomic E-state index is 13.5. The number of hydrogen-bond donors (Lipinski definition) is 2. The lowest BCUT2D eigenvalue weighted by Gasteiger charge is -2.32. The number of imidazole rings is 1. The molecular weight excluding hydrogens is 448 g/mol. The van der Waals surface area contributed by atoms with Gasteiger partial charge in [0.05, 0.1) is 21.8 Å². The lowest BCUT2D eigenvalue weighted by Crippen LogP contribution is -2.47. The van der Waals surface area contributed by atoms with Crippen LogP contribution in [-0.2, 0) is 14.8 Å². The third-order valence-corrected chi connectivity index (χ3v) is 8.96. The number of benzene rings is 2. The third kappa shape index (κ3) is 4.88. The van der Waals surface area contributed by atoms with Crippen LogP contribution in [0, 0.1) is 5.92 Å². The van der Waals surface area contributed by atoms with Gasteiger partial charge in [0.15, 0.2) is 0 Å². The smallest absolute Gasteiger partial charge is 0.243 e. The molecule has 2 heterocycles. The Balaban J connectivity index is 1.31. The lowest BCUT2D eigenvalue weighted by atomic mass is 9.97. The molecule has 34 heavy (non-hydrogen) atoms. The molecular formula is C26H32N4O3S. The van der Waals surface area contributed by atoms with Gasteiger partial charge in [-0.1, -0.05) is 56.0 Å². The fraction of sp³-hybridized carbons (Fsp3) is 0.462. The first kappa shape index (κ1) is 23.1. The predicted molar refractivity (Wildman–Crippen MR) is 133 cm³/mol. The molecule has 0 spiro atoms. The predicted octanol–water partition coefficient (Wildman–Crippen LogP) is 4.47. The fourth-order valence-electron chi connectivity index (χ4n) is 5.15. The van der Waals surface area contributed by atoms with Gasteiger partial charge in [0.1, 0.15) is 5.82 Å². The van der Waals surface area contributed by atoms with Crippen molar-refractivity contribution in [3.63, 3.8) is 0 Å². The molecule has 3 aromatic rings. The van der Waals surface area contributed by atoms with Crippen molar-refractivity contribution in [3.8, 4) is 11.4 Å². The number of amides is 1. The molecule has 0 bridgehead atoms. The molecule has 180 valence electrons. The summed E-state index contributed by atoms with van der Waals surface area (Å²) in [7, 11) is -3.71. The van der Waals surface area contributed by atoms with Crippen molar-refractivity contribution in [1.29, 1.82) is 0 Å². The van der Waals surface area contributed by atoms with Crippen molar-refractivity contribution in [1.82, 2.24) is 19.6 Å². The van der Waals surface area contributed by atoms with Crippen molar-refractivity contribution >= 4 is 27.0 Å². The number of aromatic nitrogens is 2. The van der Waals surface area contributed by atoms with Gasteiger partial charge in [-0.25, -0.2) is 13.4 Å². The number of H-pyrrole nitrogens is 1. The minimum atomic E-state index is -3.71. The maximum Gasteiger partial charge on any atom is 0.243 e. The van der Waals surface area contributed by atoms with Crippen molar-refractivity contribution in [2.24, 2.45) is 5.92 Å². The van der Waals surface area contributed by atoms with Gasteiger partial charge < -0.3 is 10.3 Å². The van der Waals surface area contributed by atoms with E-state index in [9.17, 15) is 13.2 Å². The summed E-state index contributed by atoms with van der Waals surface area (Å²) in [6, 6.07) is 15.0. The van der Waals surface area contributed by atoms with E-state index in [1.165, 1.54) is 17.1 Å². The summed E-state index contributed by atoms with van der Waals surface area (Å²) in [5.74, 6) is 0.411. The topological polar surface area (TPSA) is 95.2 Å². The monoisotopic (exact) mass is 480 g/mol. The zero-order valence-corrected chi connectivity index (χ0v) is 20.2. The van der Waals surface area contributed by atoms with E-state index in [-0.39, 0.29) is 29.3 Å². The molecule has 0 unspecified atom stereocenters. The zero-order chi connectivity index (χ0) is 23.5. The van der Waals surface area contributed by atoms with E-state index >= 15 is 0 Å². The Morgan fingerprint density at radius 2 is 1.74 bits per heavy atom. The Morgan fingerprint density at radius 1 is 0.971 bits per heavy atom. The second kappa shape index (κ2) is 9.88. The van der Waals surface area contributed by atoms with Crippen LogP contribution >= 0.6 is 0 Å². The van der Waals surface area contributed by atoms with Crippen LogP contribution in [0.4, 0.5) is 0 Å². The maximum atomic E-state index is 13.5. The molecule has 1 aliphatic heterocycles. The average molecular weight is 481 g/mol. The van der Waals surface area contributed by atoms with E-state index in [4.69, 9.17) is 0 Å². The largest absolute Gasteiger partial charge is 0.353 e. The lowest BCUT2D eigenvalue weighted by molar-refractivity contribution is -0.126. The summed E-state index contributed by atoms with van der Waals surface area (Å²) in [6.07, 6.45) is 8.23. The minimum absolute atomic E-state index is 0.00308. The van der Waals surface area contributed by atoms with Gasteiger partial charge in [-0.2, -0.15) is 4.31 Å².